The third-order valence-corrected chi connectivity index (χ3v) is 5.52. The Hall–Kier alpha value is -1.44. The number of carboxylic acid groups (broad SMARTS) is 1. The second-order valence-electron chi connectivity index (χ2n) is 6.59. The predicted molar refractivity (Wildman–Crippen MR) is 92.7 cm³/mol. The van der Waals surface area contributed by atoms with Gasteiger partial charge >= 0.3 is 5.97 Å². The standard InChI is InChI=1S/C17H26N2O4S/c1-14(17(20)21)12-18-8-3-9-19(11-10-18)13-15-4-6-16(7-5-15)24(2,22)23/h4-7,14H,3,8-13H2,1-2H3,(H,20,21). The topological polar surface area (TPSA) is 77.9 Å². The molecule has 24 heavy (non-hydrogen) atoms. The molecule has 1 saturated heterocycles. The first kappa shape index (κ1) is 18.9. The highest BCUT2D eigenvalue weighted by Gasteiger charge is 2.19. The van der Waals surface area contributed by atoms with Gasteiger partial charge in [-0.3, -0.25) is 9.69 Å². The molecule has 0 bridgehead atoms. The van der Waals surface area contributed by atoms with Crippen LogP contribution in [0.1, 0.15) is 18.9 Å². The molecule has 1 atom stereocenters. The Balaban J connectivity index is 1.89. The molecule has 0 radical (unpaired) electrons. The van der Waals surface area contributed by atoms with Crippen molar-refractivity contribution in [3.63, 3.8) is 0 Å². The van der Waals surface area contributed by atoms with Crippen LogP contribution in [0.5, 0.6) is 0 Å². The van der Waals surface area contributed by atoms with Crippen molar-refractivity contribution >= 4 is 15.8 Å². The Bertz CT molecular complexity index is 658. The van der Waals surface area contributed by atoms with Crippen LogP contribution < -0.4 is 0 Å². The van der Waals surface area contributed by atoms with Gasteiger partial charge in [0.2, 0.25) is 0 Å². The van der Waals surface area contributed by atoms with Crippen molar-refractivity contribution in [1.82, 2.24) is 9.80 Å². The summed E-state index contributed by atoms with van der Waals surface area (Å²) in [7, 11) is -3.15. The van der Waals surface area contributed by atoms with E-state index in [1.54, 1.807) is 19.1 Å². The maximum atomic E-state index is 11.5. The molecule has 7 heteroatoms. The number of carboxylic acids is 1. The molecule has 1 aromatic rings. The van der Waals surface area contributed by atoms with Gasteiger partial charge in [0.1, 0.15) is 0 Å². The molecule has 2 rings (SSSR count). The van der Waals surface area contributed by atoms with E-state index in [4.69, 9.17) is 5.11 Å². The van der Waals surface area contributed by atoms with E-state index >= 15 is 0 Å². The van der Waals surface area contributed by atoms with Gasteiger partial charge in [0, 0.05) is 32.4 Å². The quantitative estimate of drug-likeness (QED) is 0.830. The molecule has 0 aliphatic carbocycles. The number of hydrogen-bond acceptors (Lipinski definition) is 5. The second-order valence-corrected chi connectivity index (χ2v) is 8.60. The van der Waals surface area contributed by atoms with Gasteiger partial charge in [0.05, 0.1) is 10.8 Å². The van der Waals surface area contributed by atoms with Crippen LogP contribution >= 0.6 is 0 Å². The van der Waals surface area contributed by atoms with Gasteiger partial charge in [-0.15, -0.1) is 0 Å². The molecule has 1 heterocycles. The van der Waals surface area contributed by atoms with E-state index in [9.17, 15) is 13.2 Å². The zero-order valence-electron chi connectivity index (χ0n) is 14.3. The zero-order valence-corrected chi connectivity index (χ0v) is 15.1. The van der Waals surface area contributed by atoms with Crippen LogP contribution in [0.3, 0.4) is 0 Å². The summed E-state index contributed by atoms with van der Waals surface area (Å²) >= 11 is 0. The van der Waals surface area contributed by atoms with E-state index in [0.29, 0.717) is 11.4 Å². The third-order valence-electron chi connectivity index (χ3n) is 4.39. The summed E-state index contributed by atoms with van der Waals surface area (Å²) in [5, 5.41) is 9.03. The van der Waals surface area contributed by atoms with E-state index in [-0.39, 0.29) is 5.92 Å². The molecule has 0 amide bonds. The smallest absolute Gasteiger partial charge is 0.307 e. The number of nitrogens with zero attached hydrogens (tertiary/aromatic N) is 2. The Morgan fingerprint density at radius 3 is 2.29 bits per heavy atom. The minimum Gasteiger partial charge on any atom is -0.481 e. The van der Waals surface area contributed by atoms with E-state index in [2.05, 4.69) is 9.80 Å². The maximum absolute atomic E-state index is 11.5. The van der Waals surface area contributed by atoms with Crippen molar-refractivity contribution in [3.05, 3.63) is 29.8 Å². The molecule has 1 aliphatic heterocycles. The summed E-state index contributed by atoms with van der Waals surface area (Å²) in [4.78, 5) is 15.9. The Morgan fingerprint density at radius 2 is 1.71 bits per heavy atom. The summed E-state index contributed by atoms with van der Waals surface area (Å²) in [6, 6.07) is 7.05. The first-order chi connectivity index (χ1) is 11.3. The lowest BCUT2D eigenvalue weighted by molar-refractivity contribution is -0.141. The molecule has 1 aliphatic rings. The SMILES string of the molecule is CC(CN1CCCN(Cc2ccc(S(C)(=O)=O)cc2)CC1)C(=O)O. The van der Waals surface area contributed by atoms with Gasteiger partial charge in [-0.05, 0) is 37.2 Å². The van der Waals surface area contributed by atoms with Crippen LogP contribution in [0, 0.1) is 5.92 Å². The van der Waals surface area contributed by atoms with Crippen LogP contribution in [0.25, 0.3) is 0 Å². The number of carbonyl (C=O) groups is 1. The summed E-state index contributed by atoms with van der Waals surface area (Å²) in [5.74, 6) is -1.10. The molecular weight excluding hydrogens is 328 g/mol. The molecule has 0 saturated carbocycles. The molecule has 1 N–H and O–H groups in total. The monoisotopic (exact) mass is 354 g/mol. The van der Waals surface area contributed by atoms with E-state index in [1.165, 1.54) is 6.26 Å². The molecular formula is C17H26N2O4S. The van der Waals surface area contributed by atoms with Crippen LogP contribution in [-0.4, -0.2) is 68.3 Å². The van der Waals surface area contributed by atoms with Crippen molar-refractivity contribution < 1.29 is 18.3 Å². The lowest BCUT2D eigenvalue weighted by atomic mass is 10.1. The Morgan fingerprint density at radius 1 is 1.12 bits per heavy atom. The van der Waals surface area contributed by atoms with Gasteiger partial charge < -0.3 is 10.0 Å². The van der Waals surface area contributed by atoms with Crippen LogP contribution in [0.4, 0.5) is 0 Å². The minimum absolute atomic E-state index is 0.343. The highest BCUT2D eigenvalue weighted by Crippen LogP contribution is 2.14. The lowest BCUT2D eigenvalue weighted by Gasteiger charge is -2.23. The predicted octanol–water partition coefficient (Wildman–Crippen LogP) is 1.32. The Labute approximate surface area is 144 Å². The number of aliphatic carboxylic acids is 1. The summed E-state index contributed by atoms with van der Waals surface area (Å²) in [6.07, 6.45) is 2.22. The third kappa shape index (κ3) is 5.58. The number of hydrogen-bond donors (Lipinski definition) is 1. The largest absolute Gasteiger partial charge is 0.481 e. The fraction of sp³-hybridized carbons (Fsp3) is 0.588. The molecule has 6 nitrogen and oxygen atoms in total. The highest BCUT2D eigenvalue weighted by molar-refractivity contribution is 7.90. The van der Waals surface area contributed by atoms with E-state index < -0.39 is 15.8 Å². The van der Waals surface area contributed by atoms with Gasteiger partial charge in [0.15, 0.2) is 9.84 Å². The molecule has 1 aromatic carbocycles. The van der Waals surface area contributed by atoms with Crippen LogP contribution in [-0.2, 0) is 21.2 Å². The minimum atomic E-state index is -3.15. The van der Waals surface area contributed by atoms with Crippen molar-refractivity contribution in [3.8, 4) is 0 Å². The van der Waals surface area contributed by atoms with Crippen LogP contribution in [0.15, 0.2) is 29.2 Å². The molecule has 134 valence electrons. The van der Waals surface area contributed by atoms with Gasteiger partial charge in [-0.25, -0.2) is 8.42 Å². The van der Waals surface area contributed by atoms with Crippen molar-refractivity contribution in [2.24, 2.45) is 5.92 Å². The highest BCUT2D eigenvalue weighted by atomic mass is 32.2. The van der Waals surface area contributed by atoms with E-state index in [0.717, 1.165) is 44.7 Å². The first-order valence-corrected chi connectivity index (χ1v) is 10.1. The normalized spacial score (nSPS) is 18.9. The number of benzene rings is 1. The fourth-order valence-corrected chi connectivity index (χ4v) is 3.56. The number of rotatable bonds is 6. The van der Waals surface area contributed by atoms with E-state index in [1.807, 2.05) is 12.1 Å². The summed E-state index contributed by atoms with van der Waals surface area (Å²) in [5.41, 5.74) is 1.09. The summed E-state index contributed by atoms with van der Waals surface area (Å²) < 4.78 is 23.0. The average Bonchev–Trinajstić information content (AvgIpc) is 2.72. The zero-order chi connectivity index (χ0) is 17.7. The van der Waals surface area contributed by atoms with Gasteiger partial charge in [0.25, 0.3) is 0 Å². The van der Waals surface area contributed by atoms with Crippen LogP contribution in [0.2, 0.25) is 0 Å². The maximum Gasteiger partial charge on any atom is 0.307 e. The Kier molecular flexibility index (Phi) is 6.37. The molecule has 0 aromatic heterocycles. The molecule has 0 spiro atoms. The number of sulfone groups is 1. The lowest BCUT2D eigenvalue weighted by Crippen LogP contribution is -2.35. The average molecular weight is 354 g/mol. The fourth-order valence-electron chi connectivity index (χ4n) is 2.93. The van der Waals surface area contributed by atoms with Crippen molar-refractivity contribution in [2.45, 2.75) is 24.8 Å². The van der Waals surface area contributed by atoms with Crippen molar-refractivity contribution in [2.75, 3.05) is 39.0 Å². The van der Waals surface area contributed by atoms with Gasteiger partial charge in [-0.2, -0.15) is 0 Å². The summed E-state index contributed by atoms with van der Waals surface area (Å²) in [6.45, 7) is 6.75. The van der Waals surface area contributed by atoms with Gasteiger partial charge in [-0.1, -0.05) is 19.1 Å². The second kappa shape index (κ2) is 8.09. The molecule has 1 fully saturated rings. The first-order valence-electron chi connectivity index (χ1n) is 8.22. The van der Waals surface area contributed by atoms with Crippen molar-refractivity contribution in [1.29, 1.82) is 0 Å². The molecule has 1 unspecified atom stereocenters.